The maximum atomic E-state index is 13.1. The Labute approximate surface area is 137 Å². The number of nitrogens with zero attached hydrogens (tertiary/aromatic N) is 3. The molecule has 0 radical (unpaired) electrons. The summed E-state index contributed by atoms with van der Waals surface area (Å²) in [4.78, 5) is 21.8. The number of hydrogen-bond acceptors (Lipinski definition) is 4. The van der Waals surface area contributed by atoms with E-state index in [0.717, 1.165) is 11.8 Å². The van der Waals surface area contributed by atoms with Crippen LogP contribution in [-0.2, 0) is 13.0 Å². The Bertz CT molecular complexity index is 719. The highest BCUT2D eigenvalue weighted by molar-refractivity contribution is 5.74. The predicted octanol–water partition coefficient (Wildman–Crippen LogP) is 1.86. The molecule has 0 unspecified atom stereocenters. The molecule has 0 aliphatic rings. The van der Waals surface area contributed by atoms with Crippen LogP contribution in [0.2, 0.25) is 0 Å². The first kappa shape index (κ1) is 17.4. The molecule has 2 amide bonds. The molecule has 2 aromatic rings. The maximum absolute atomic E-state index is 13.1. The number of carbonyl (C=O) groups is 1. The van der Waals surface area contributed by atoms with Gasteiger partial charge in [-0.2, -0.15) is 5.10 Å². The summed E-state index contributed by atoms with van der Waals surface area (Å²) in [5.41, 5.74) is 0.704. The van der Waals surface area contributed by atoms with E-state index in [9.17, 15) is 19.3 Å². The number of benzene rings is 1. The van der Waals surface area contributed by atoms with Crippen LogP contribution in [0.15, 0.2) is 36.7 Å². The lowest BCUT2D eigenvalue weighted by molar-refractivity contribution is -0.385. The number of carbonyl (C=O) groups excluding carboxylic acids is 1. The molecule has 2 rings (SSSR count). The highest BCUT2D eigenvalue weighted by Gasteiger charge is 2.10. The second-order valence-corrected chi connectivity index (χ2v) is 5.35. The average molecular weight is 335 g/mol. The van der Waals surface area contributed by atoms with Crippen LogP contribution >= 0.6 is 0 Å². The van der Waals surface area contributed by atoms with Crippen molar-refractivity contribution in [1.82, 2.24) is 20.4 Å². The zero-order valence-corrected chi connectivity index (χ0v) is 13.1. The van der Waals surface area contributed by atoms with E-state index in [0.29, 0.717) is 13.0 Å². The van der Waals surface area contributed by atoms with Crippen molar-refractivity contribution in [2.75, 3.05) is 6.54 Å². The normalized spacial score (nSPS) is 11.8. The van der Waals surface area contributed by atoms with Crippen molar-refractivity contribution < 1.29 is 14.1 Å². The first-order valence-electron chi connectivity index (χ1n) is 7.39. The Morgan fingerprint density at radius 3 is 2.96 bits per heavy atom. The summed E-state index contributed by atoms with van der Waals surface area (Å²) in [7, 11) is 0. The molecule has 24 heavy (non-hydrogen) atoms. The fourth-order valence-corrected chi connectivity index (χ4v) is 2.20. The van der Waals surface area contributed by atoms with E-state index in [1.165, 1.54) is 23.0 Å². The Kier molecular flexibility index (Phi) is 5.83. The van der Waals surface area contributed by atoms with E-state index >= 15 is 0 Å². The van der Waals surface area contributed by atoms with E-state index in [1.54, 1.807) is 12.1 Å². The molecule has 8 nitrogen and oxygen atoms in total. The van der Waals surface area contributed by atoms with Gasteiger partial charge in [0.1, 0.15) is 18.2 Å². The molecule has 0 aliphatic carbocycles. The summed E-state index contributed by atoms with van der Waals surface area (Å²) in [6.07, 6.45) is 2.96. The quantitative estimate of drug-likeness (QED) is 0.595. The van der Waals surface area contributed by atoms with Gasteiger partial charge in [-0.15, -0.1) is 0 Å². The summed E-state index contributed by atoms with van der Waals surface area (Å²) < 4.78 is 14.5. The van der Waals surface area contributed by atoms with Crippen LogP contribution in [0.25, 0.3) is 0 Å². The first-order chi connectivity index (χ1) is 11.4. The molecule has 1 heterocycles. The zero-order valence-electron chi connectivity index (χ0n) is 13.1. The Morgan fingerprint density at radius 2 is 2.29 bits per heavy atom. The molecule has 2 N–H and O–H groups in total. The standard InChI is InChI=1S/C15H18FN5O3/c1-11(7-12-3-2-4-13(16)8-12)19-15(22)17-5-6-20-10-14(9-18-20)21(23)24/h2-4,8-11H,5-7H2,1H3,(H2,17,19,22)/t11-/m0/s1. The van der Waals surface area contributed by atoms with E-state index in [4.69, 9.17) is 0 Å². The molecule has 0 spiro atoms. The Hall–Kier alpha value is -2.97. The average Bonchev–Trinajstić information content (AvgIpc) is 2.96. The Balaban J connectivity index is 1.71. The van der Waals surface area contributed by atoms with Gasteiger partial charge >= 0.3 is 11.7 Å². The van der Waals surface area contributed by atoms with Crippen LogP contribution in [0.3, 0.4) is 0 Å². The van der Waals surface area contributed by atoms with Gasteiger partial charge in [0.25, 0.3) is 0 Å². The van der Waals surface area contributed by atoms with Crippen molar-refractivity contribution in [2.45, 2.75) is 25.9 Å². The molecule has 0 bridgehead atoms. The molecule has 0 saturated carbocycles. The van der Waals surface area contributed by atoms with Gasteiger partial charge in [-0.25, -0.2) is 9.18 Å². The van der Waals surface area contributed by atoms with E-state index in [1.807, 2.05) is 6.92 Å². The van der Waals surface area contributed by atoms with E-state index in [2.05, 4.69) is 15.7 Å². The minimum absolute atomic E-state index is 0.0943. The van der Waals surface area contributed by atoms with Crippen molar-refractivity contribution in [3.05, 3.63) is 58.2 Å². The number of urea groups is 1. The van der Waals surface area contributed by atoms with Crippen molar-refractivity contribution in [3.63, 3.8) is 0 Å². The molecule has 0 saturated heterocycles. The van der Waals surface area contributed by atoms with Gasteiger partial charge < -0.3 is 10.6 Å². The molecule has 9 heteroatoms. The second kappa shape index (κ2) is 8.04. The highest BCUT2D eigenvalue weighted by Crippen LogP contribution is 2.07. The van der Waals surface area contributed by atoms with Crippen LogP contribution in [0, 0.1) is 15.9 Å². The SMILES string of the molecule is C[C@@H](Cc1cccc(F)c1)NC(=O)NCCn1cc([N+](=O)[O-])cn1. The molecular weight excluding hydrogens is 317 g/mol. The minimum Gasteiger partial charge on any atom is -0.336 e. The van der Waals surface area contributed by atoms with Crippen LogP contribution in [0.1, 0.15) is 12.5 Å². The fraction of sp³-hybridized carbons (Fsp3) is 0.333. The summed E-state index contributed by atoms with van der Waals surface area (Å²) in [5.74, 6) is -0.308. The third-order valence-electron chi connectivity index (χ3n) is 3.27. The molecule has 1 aromatic carbocycles. The lowest BCUT2D eigenvalue weighted by atomic mass is 10.1. The number of hydrogen-bond donors (Lipinski definition) is 2. The van der Waals surface area contributed by atoms with Gasteiger partial charge in [-0.1, -0.05) is 12.1 Å². The smallest absolute Gasteiger partial charge is 0.315 e. The summed E-state index contributed by atoms with van der Waals surface area (Å²) >= 11 is 0. The van der Waals surface area contributed by atoms with Crippen molar-refractivity contribution in [3.8, 4) is 0 Å². The maximum Gasteiger partial charge on any atom is 0.315 e. The number of rotatable bonds is 7. The van der Waals surface area contributed by atoms with Crippen molar-refractivity contribution >= 4 is 11.7 Å². The molecule has 1 atom stereocenters. The van der Waals surface area contributed by atoms with Crippen molar-refractivity contribution in [2.24, 2.45) is 0 Å². The summed E-state index contributed by atoms with van der Waals surface area (Å²) in [6, 6.07) is 5.69. The van der Waals surface area contributed by atoms with Gasteiger partial charge in [0.05, 0.1) is 11.5 Å². The number of nitrogens with one attached hydrogen (secondary N) is 2. The van der Waals surface area contributed by atoms with Gasteiger partial charge in [0, 0.05) is 12.6 Å². The summed E-state index contributed by atoms with van der Waals surface area (Å²) in [5, 5.41) is 19.8. The van der Waals surface area contributed by atoms with Gasteiger partial charge in [-0.3, -0.25) is 14.8 Å². The lowest BCUT2D eigenvalue weighted by Crippen LogP contribution is -2.42. The molecule has 1 aromatic heterocycles. The van der Waals surface area contributed by atoms with Crippen molar-refractivity contribution in [1.29, 1.82) is 0 Å². The van der Waals surface area contributed by atoms with Crippen LogP contribution < -0.4 is 10.6 Å². The summed E-state index contributed by atoms with van der Waals surface area (Å²) in [6.45, 7) is 2.41. The third-order valence-corrected chi connectivity index (χ3v) is 3.27. The molecule has 0 aliphatic heterocycles. The monoisotopic (exact) mass is 335 g/mol. The fourth-order valence-electron chi connectivity index (χ4n) is 2.20. The predicted molar refractivity (Wildman–Crippen MR) is 85.0 cm³/mol. The highest BCUT2D eigenvalue weighted by atomic mass is 19.1. The second-order valence-electron chi connectivity index (χ2n) is 5.35. The Morgan fingerprint density at radius 1 is 1.50 bits per heavy atom. The zero-order chi connectivity index (χ0) is 17.5. The topological polar surface area (TPSA) is 102 Å². The van der Waals surface area contributed by atoms with Crippen LogP contribution in [0.4, 0.5) is 14.9 Å². The number of nitro groups is 1. The van der Waals surface area contributed by atoms with Gasteiger partial charge in [-0.05, 0) is 31.0 Å². The minimum atomic E-state index is -0.530. The molecule has 0 fully saturated rings. The van der Waals surface area contributed by atoms with Gasteiger partial charge in [0.2, 0.25) is 0 Å². The van der Waals surface area contributed by atoms with Gasteiger partial charge in [0.15, 0.2) is 0 Å². The number of halogens is 1. The largest absolute Gasteiger partial charge is 0.336 e. The van der Waals surface area contributed by atoms with E-state index in [-0.39, 0.29) is 30.1 Å². The molecular formula is C15H18FN5O3. The lowest BCUT2D eigenvalue weighted by Gasteiger charge is -2.14. The number of aromatic nitrogens is 2. The van der Waals surface area contributed by atoms with E-state index < -0.39 is 4.92 Å². The number of amides is 2. The van der Waals surface area contributed by atoms with Crippen LogP contribution in [-0.4, -0.2) is 33.3 Å². The third kappa shape index (κ3) is 5.34. The first-order valence-corrected chi connectivity index (χ1v) is 7.39. The molecule has 128 valence electrons. The van der Waals surface area contributed by atoms with Crippen LogP contribution in [0.5, 0.6) is 0 Å².